The van der Waals surface area contributed by atoms with Crippen molar-refractivity contribution in [2.45, 2.75) is 45.7 Å². The Labute approximate surface area is 76.1 Å². The molecule has 1 heterocycles. The van der Waals surface area contributed by atoms with Crippen molar-refractivity contribution in [2.24, 2.45) is 5.92 Å². The second-order valence-corrected chi connectivity index (χ2v) is 4.12. The molecule has 1 fully saturated rings. The van der Waals surface area contributed by atoms with Gasteiger partial charge in [0.1, 0.15) is 0 Å². The molecule has 2 unspecified atom stereocenters. The molecule has 0 bridgehead atoms. The summed E-state index contributed by atoms with van der Waals surface area (Å²) in [6.45, 7) is 9.20. The van der Waals surface area contributed by atoms with Crippen LogP contribution in [0.3, 0.4) is 0 Å². The quantitative estimate of drug-likeness (QED) is 0.666. The highest BCUT2D eigenvalue weighted by Crippen LogP contribution is 2.08. The summed E-state index contributed by atoms with van der Waals surface area (Å²) in [7, 11) is 0. The van der Waals surface area contributed by atoms with E-state index in [0.29, 0.717) is 6.04 Å². The van der Waals surface area contributed by atoms with Crippen LogP contribution >= 0.6 is 0 Å². The zero-order valence-corrected chi connectivity index (χ0v) is 8.56. The van der Waals surface area contributed by atoms with Crippen molar-refractivity contribution in [3.05, 3.63) is 0 Å². The molecule has 0 saturated carbocycles. The second-order valence-electron chi connectivity index (χ2n) is 4.12. The molecule has 2 heteroatoms. The number of hydrogen-bond donors (Lipinski definition) is 2. The Hall–Kier alpha value is -0.0800. The maximum Gasteiger partial charge on any atom is 0.0207 e. The Kier molecular flexibility index (Phi) is 4.02. The zero-order chi connectivity index (χ0) is 8.97. The van der Waals surface area contributed by atoms with Crippen molar-refractivity contribution in [1.29, 1.82) is 0 Å². The van der Waals surface area contributed by atoms with Crippen LogP contribution in [-0.2, 0) is 0 Å². The average molecular weight is 170 g/mol. The maximum absolute atomic E-state index is 3.70. The highest BCUT2D eigenvalue weighted by Gasteiger charge is 2.19. The molecule has 0 aliphatic carbocycles. The van der Waals surface area contributed by atoms with Gasteiger partial charge >= 0.3 is 0 Å². The number of rotatable bonds is 4. The van der Waals surface area contributed by atoms with E-state index in [0.717, 1.165) is 18.5 Å². The van der Waals surface area contributed by atoms with Gasteiger partial charge in [-0.3, -0.25) is 0 Å². The fraction of sp³-hybridized carbons (Fsp3) is 1.00. The molecular formula is C10H22N2. The normalized spacial score (nSPS) is 26.5. The van der Waals surface area contributed by atoms with Crippen molar-refractivity contribution < 1.29 is 0 Å². The van der Waals surface area contributed by atoms with E-state index in [2.05, 4.69) is 31.4 Å². The van der Waals surface area contributed by atoms with Crippen LogP contribution in [0.25, 0.3) is 0 Å². The van der Waals surface area contributed by atoms with E-state index in [1.807, 2.05) is 0 Å². The van der Waals surface area contributed by atoms with Crippen LogP contribution in [0.2, 0.25) is 0 Å². The van der Waals surface area contributed by atoms with Crippen molar-refractivity contribution in [1.82, 2.24) is 10.6 Å². The number of hydrogen-bond acceptors (Lipinski definition) is 2. The van der Waals surface area contributed by atoms with Gasteiger partial charge in [-0.1, -0.05) is 20.8 Å². The standard InChI is InChI=1S/C10H22N2/c1-4-10(8(2)3)12-9-5-6-11-7-9/h8-12H,4-7H2,1-3H3. The molecule has 0 aromatic rings. The predicted molar refractivity (Wildman–Crippen MR) is 53.3 cm³/mol. The first-order chi connectivity index (χ1) is 5.74. The monoisotopic (exact) mass is 170 g/mol. The van der Waals surface area contributed by atoms with E-state index < -0.39 is 0 Å². The summed E-state index contributed by atoms with van der Waals surface area (Å²) >= 11 is 0. The first-order valence-corrected chi connectivity index (χ1v) is 5.20. The molecule has 2 atom stereocenters. The lowest BCUT2D eigenvalue weighted by molar-refractivity contribution is 0.351. The molecule has 0 aromatic carbocycles. The highest BCUT2D eigenvalue weighted by atomic mass is 15.0. The molecule has 0 amide bonds. The van der Waals surface area contributed by atoms with Gasteiger partial charge in [0.15, 0.2) is 0 Å². The van der Waals surface area contributed by atoms with E-state index >= 15 is 0 Å². The van der Waals surface area contributed by atoms with Gasteiger partial charge in [-0.15, -0.1) is 0 Å². The molecule has 0 radical (unpaired) electrons. The lowest BCUT2D eigenvalue weighted by atomic mass is 10.0. The van der Waals surface area contributed by atoms with Crippen LogP contribution in [0.5, 0.6) is 0 Å². The zero-order valence-electron chi connectivity index (χ0n) is 8.56. The first-order valence-electron chi connectivity index (χ1n) is 5.20. The first kappa shape index (κ1) is 10.0. The third-order valence-corrected chi connectivity index (χ3v) is 2.75. The SMILES string of the molecule is CCC(NC1CCNC1)C(C)C. The molecule has 12 heavy (non-hydrogen) atoms. The third-order valence-electron chi connectivity index (χ3n) is 2.75. The van der Waals surface area contributed by atoms with Gasteiger partial charge in [0.2, 0.25) is 0 Å². The molecule has 0 aromatic heterocycles. The van der Waals surface area contributed by atoms with Gasteiger partial charge < -0.3 is 10.6 Å². The van der Waals surface area contributed by atoms with E-state index in [1.54, 1.807) is 0 Å². The molecule has 72 valence electrons. The van der Waals surface area contributed by atoms with Gasteiger partial charge in [0, 0.05) is 18.6 Å². The summed E-state index contributed by atoms with van der Waals surface area (Å²) in [6.07, 6.45) is 2.54. The van der Waals surface area contributed by atoms with Crippen LogP contribution in [0.1, 0.15) is 33.6 Å². The Balaban J connectivity index is 2.26. The average Bonchev–Trinajstić information content (AvgIpc) is 2.51. The van der Waals surface area contributed by atoms with E-state index in [-0.39, 0.29) is 0 Å². The minimum atomic E-state index is 0.704. The summed E-state index contributed by atoms with van der Waals surface area (Å²) in [4.78, 5) is 0. The Morgan fingerprint density at radius 2 is 2.25 bits per heavy atom. The largest absolute Gasteiger partial charge is 0.315 e. The van der Waals surface area contributed by atoms with Gasteiger partial charge in [0.25, 0.3) is 0 Å². The summed E-state index contributed by atoms with van der Waals surface area (Å²) in [5.41, 5.74) is 0. The summed E-state index contributed by atoms with van der Waals surface area (Å²) in [5.74, 6) is 0.760. The molecule has 2 nitrogen and oxygen atoms in total. The summed E-state index contributed by atoms with van der Waals surface area (Å²) in [6, 6.07) is 1.42. The van der Waals surface area contributed by atoms with E-state index in [1.165, 1.54) is 19.4 Å². The van der Waals surface area contributed by atoms with Crippen molar-refractivity contribution >= 4 is 0 Å². The molecular weight excluding hydrogens is 148 g/mol. The molecule has 1 saturated heterocycles. The van der Waals surface area contributed by atoms with Gasteiger partial charge in [-0.05, 0) is 25.3 Å². The predicted octanol–water partition coefficient (Wildman–Crippen LogP) is 1.37. The minimum Gasteiger partial charge on any atom is -0.315 e. The van der Waals surface area contributed by atoms with Crippen molar-refractivity contribution in [3.63, 3.8) is 0 Å². The smallest absolute Gasteiger partial charge is 0.0207 e. The van der Waals surface area contributed by atoms with Gasteiger partial charge in [-0.25, -0.2) is 0 Å². The Bertz CT molecular complexity index is 117. The summed E-state index contributed by atoms with van der Waals surface area (Å²) < 4.78 is 0. The molecule has 1 aliphatic heterocycles. The lowest BCUT2D eigenvalue weighted by Crippen LogP contribution is -2.42. The lowest BCUT2D eigenvalue weighted by Gasteiger charge is -2.24. The minimum absolute atomic E-state index is 0.704. The van der Waals surface area contributed by atoms with Crippen LogP contribution in [0.4, 0.5) is 0 Å². The fourth-order valence-electron chi connectivity index (χ4n) is 1.88. The molecule has 1 aliphatic rings. The maximum atomic E-state index is 3.70. The van der Waals surface area contributed by atoms with E-state index in [9.17, 15) is 0 Å². The van der Waals surface area contributed by atoms with Crippen LogP contribution in [-0.4, -0.2) is 25.2 Å². The van der Waals surface area contributed by atoms with Gasteiger partial charge in [0.05, 0.1) is 0 Å². The van der Waals surface area contributed by atoms with Crippen LogP contribution in [0.15, 0.2) is 0 Å². The van der Waals surface area contributed by atoms with Crippen LogP contribution in [0, 0.1) is 5.92 Å². The number of nitrogens with one attached hydrogen (secondary N) is 2. The highest BCUT2D eigenvalue weighted by molar-refractivity contribution is 4.81. The molecule has 0 spiro atoms. The second kappa shape index (κ2) is 4.83. The third kappa shape index (κ3) is 2.76. The van der Waals surface area contributed by atoms with E-state index in [4.69, 9.17) is 0 Å². The van der Waals surface area contributed by atoms with Crippen molar-refractivity contribution in [3.8, 4) is 0 Å². The van der Waals surface area contributed by atoms with Crippen LogP contribution < -0.4 is 10.6 Å². The Morgan fingerprint density at radius 3 is 2.67 bits per heavy atom. The topological polar surface area (TPSA) is 24.1 Å². The molecule has 2 N–H and O–H groups in total. The summed E-state index contributed by atoms with van der Waals surface area (Å²) in [5, 5.41) is 7.08. The Morgan fingerprint density at radius 1 is 1.50 bits per heavy atom. The van der Waals surface area contributed by atoms with Crippen molar-refractivity contribution in [2.75, 3.05) is 13.1 Å². The van der Waals surface area contributed by atoms with Gasteiger partial charge in [-0.2, -0.15) is 0 Å². The molecule has 1 rings (SSSR count). The fourth-order valence-corrected chi connectivity index (χ4v) is 1.88.